The number of carbonyl (C=O) groups is 1. The number of nitrogens with one attached hydrogen (secondary N) is 1. The molecule has 2 aromatic rings. The highest BCUT2D eigenvalue weighted by molar-refractivity contribution is 5.76. The van der Waals surface area contributed by atoms with Gasteiger partial charge in [-0.2, -0.15) is 0 Å². The molecule has 0 amide bonds. The molecule has 3 atom stereocenters. The Kier molecular flexibility index (Phi) is 8.31. The summed E-state index contributed by atoms with van der Waals surface area (Å²) in [5.41, 5.74) is 3.54. The minimum Gasteiger partial charge on any atom is -0.480 e. The summed E-state index contributed by atoms with van der Waals surface area (Å²) in [6.07, 6.45) is 5.75. The maximum absolute atomic E-state index is 14.7. The maximum Gasteiger partial charge on any atom is 0.325 e. The smallest absolute Gasteiger partial charge is 0.325 e. The van der Waals surface area contributed by atoms with E-state index in [-0.39, 0.29) is 6.10 Å². The van der Waals surface area contributed by atoms with Gasteiger partial charge in [-0.1, -0.05) is 24.3 Å². The van der Waals surface area contributed by atoms with Gasteiger partial charge in [-0.3, -0.25) is 9.69 Å². The van der Waals surface area contributed by atoms with Gasteiger partial charge in [0.05, 0.1) is 18.8 Å². The number of hydrogen-bond acceptors (Lipinski definition) is 6. The van der Waals surface area contributed by atoms with Crippen molar-refractivity contribution in [2.45, 2.75) is 89.3 Å². The van der Waals surface area contributed by atoms with Crippen LogP contribution in [0.2, 0.25) is 0 Å². The van der Waals surface area contributed by atoms with E-state index in [0.29, 0.717) is 32.7 Å². The fourth-order valence-electron chi connectivity index (χ4n) is 5.95. The third-order valence-electron chi connectivity index (χ3n) is 8.11. The largest absolute Gasteiger partial charge is 0.480 e. The lowest BCUT2D eigenvalue weighted by molar-refractivity contribution is -0.143. The van der Waals surface area contributed by atoms with E-state index < -0.39 is 23.8 Å². The number of carboxylic acids is 1. The molecular formula is C30H40FN3O4. The van der Waals surface area contributed by atoms with E-state index in [1.54, 1.807) is 0 Å². The summed E-state index contributed by atoms with van der Waals surface area (Å²) < 4.78 is 26.6. The molecule has 3 aliphatic heterocycles. The molecule has 1 aromatic carbocycles. The molecule has 38 heavy (non-hydrogen) atoms. The van der Waals surface area contributed by atoms with Crippen molar-refractivity contribution in [3.63, 3.8) is 0 Å². The van der Waals surface area contributed by atoms with Crippen molar-refractivity contribution in [1.29, 1.82) is 0 Å². The van der Waals surface area contributed by atoms with Crippen LogP contribution in [0.1, 0.15) is 73.5 Å². The second kappa shape index (κ2) is 11.7. The molecule has 0 radical (unpaired) electrons. The fourth-order valence-corrected chi connectivity index (χ4v) is 5.95. The molecule has 3 aliphatic rings. The van der Waals surface area contributed by atoms with Gasteiger partial charge < -0.3 is 19.9 Å². The molecule has 206 valence electrons. The Morgan fingerprint density at radius 3 is 2.97 bits per heavy atom. The van der Waals surface area contributed by atoms with Crippen LogP contribution in [0, 0.1) is 0 Å². The average Bonchev–Trinajstić information content (AvgIpc) is 3.36. The SMILES string of the molecule is CC(C)(F)C1Cc2c(cccc2C(C(=O)O)N2CCC(OCCCCc3ccc4c(n3)NCCC4)C2)CO1. The van der Waals surface area contributed by atoms with Crippen molar-refractivity contribution in [3.05, 3.63) is 58.3 Å². The highest BCUT2D eigenvalue weighted by Gasteiger charge is 2.39. The van der Waals surface area contributed by atoms with Crippen LogP contribution in [-0.4, -0.2) is 65.1 Å². The molecule has 1 saturated heterocycles. The summed E-state index contributed by atoms with van der Waals surface area (Å²) in [4.78, 5) is 19.2. The van der Waals surface area contributed by atoms with Gasteiger partial charge >= 0.3 is 5.97 Å². The zero-order valence-corrected chi connectivity index (χ0v) is 22.5. The number of benzene rings is 1. The summed E-state index contributed by atoms with van der Waals surface area (Å²) in [5.74, 6) is 0.161. The molecule has 0 saturated carbocycles. The summed E-state index contributed by atoms with van der Waals surface area (Å²) in [6.45, 7) is 6.22. The quantitative estimate of drug-likeness (QED) is 0.428. The second-order valence-corrected chi connectivity index (χ2v) is 11.4. The van der Waals surface area contributed by atoms with Crippen LogP contribution in [0.15, 0.2) is 30.3 Å². The molecule has 7 nitrogen and oxygen atoms in total. The Labute approximate surface area is 224 Å². The van der Waals surface area contributed by atoms with E-state index in [0.717, 1.165) is 73.3 Å². The van der Waals surface area contributed by atoms with Gasteiger partial charge in [-0.05, 0) is 80.7 Å². The van der Waals surface area contributed by atoms with Crippen molar-refractivity contribution >= 4 is 11.8 Å². The van der Waals surface area contributed by atoms with Gasteiger partial charge in [0.15, 0.2) is 0 Å². The van der Waals surface area contributed by atoms with E-state index in [1.807, 2.05) is 23.1 Å². The van der Waals surface area contributed by atoms with Crippen LogP contribution >= 0.6 is 0 Å². The van der Waals surface area contributed by atoms with E-state index in [4.69, 9.17) is 14.5 Å². The lowest BCUT2D eigenvalue weighted by Gasteiger charge is -2.35. The number of nitrogens with zero attached hydrogens (tertiary/aromatic N) is 2. The first-order valence-corrected chi connectivity index (χ1v) is 14.0. The van der Waals surface area contributed by atoms with Crippen molar-refractivity contribution in [1.82, 2.24) is 9.88 Å². The number of unbranched alkanes of at least 4 members (excludes halogenated alkanes) is 1. The molecule has 1 aromatic heterocycles. The Morgan fingerprint density at radius 1 is 1.29 bits per heavy atom. The first-order chi connectivity index (χ1) is 18.3. The average molecular weight is 526 g/mol. The van der Waals surface area contributed by atoms with E-state index in [2.05, 4.69) is 17.4 Å². The number of pyridine rings is 1. The first-order valence-electron chi connectivity index (χ1n) is 14.0. The Morgan fingerprint density at radius 2 is 2.16 bits per heavy atom. The highest BCUT2D eigenvalue weighted by atomic mass is 19.1. The summed E-state index contributed by atoms with van der Waals surface area (Å²) in [6, 6.07) is 9.27. The van der Waals surface area contributed by atoms with Gasteiger partial charge in [0.25, 0.3) is 0 Å². The summed E-state index contributed by atoms with van der Waals surface area (Å²) >= 11 is 0. The molecule has 1 fully saturated rings. The minimum absolute atomic E-state index is 0.0170. The number of ether oxygens (including phenoxy) is 2. The Hall–Kier alpha value is -2.55. The zero-order chi connectivity index (χ0) is 26.7. The first kappa shape index (κ1) is 27.0. The van der Waals surface area contributed by atoms with E-state index >= 15 is 0 Å². The van der Waals surface area contributed by atoms with E-state index in [1.165, 1.54) is 19.4 Å². The van der Waals surface area contributed by atoms with Crippen LogP contribution < -0.4 is 5.32 Å². The number of likely N-dealkylation sites (tertiary alicyclic amines) is 1. The van der Waals surface area contributed by atoms with Crippen molar-refractivity contribution < 1.29 is 23.8 Å². The van der Waals surface area contributed by atoms with Crippen LogP contribution in [-0.2, 0) is 40.1 Å². The molecule has 5 rings (SSSR count). The number of aliphatic carboxylic acids is 1. The standard InChI is InChI=1S/C30H40FN3O4/c1-30(2,31)26-17-25-21(19-38-26)7-5-10-24(25)27(29(35)36)34-15-13-23(18-34)37-16-4-3-9-22-12-11-20-8-6-14-32-28(20)33-22/h5,7,10-12,23,26-27H,3-4,6,8-9,13-19H2,1-2H3,(H,32,33)(H,35,36). The topological polar surface area (TPSA) is 83.9 Å². The second-order valence-electron chi connectivity index (χ2n) is 11.4. The Balaban J connectivity index is 1.14. The predicted molar refractivity (Wildman–Crippen MR) is 144 cm³/mol. The number of halogens is 1. The number of aryl methyl sites for hydroxylation is 2. The van der Waals surface area contributed by atoms with Crippen LogP contribution in [0.4, 0.5) is 10.2 Å². The van der Waals surface area contributed by atoms with Gasteiger partial charge in [0.2, 0.25) is 0 Å². The summed E-state index contributed by atoms with van der Waals surface area (Å²) in [5, 5.41) is 13.6. The lowest BCUT2D eigenvalue weighted by atomic mass is 9.86. The van der Waals surface area contributed by atoms with Crippen molar-refractivity contribution in [2.75, 3.05) is 31.6 Å². The number of alkyl halides is 1. The van der Waals surface area contributed by atoms with Gasteiger partial charge in [0.1, 0.15) is 17.5 Å². The highest BCUT2D eigenvalue weighted by Crippen LogP contribution is 2.36. The number of anilines is 1. The van der Waals surface area contributed by atoms with Crippen LogP contribution in [0.3, 0.4) is 0 Å². The third kappa shape index (κ3) is 6.19. The Bertz CT molecular complexity index is 1130. The molecule has 4 heterocycles. The van der Waals surface area contributed by atoms with Crippen LogP contribution in [0.5, 0.6) is 0 Å². The van der Waals surface area contributed by atoms with Crippen molar-refractivity contribution in [2.24, 2.45) is 0 Å². The monoisotopic (exact) mass is 525 g/mol. The molecular weight excluding hydrogens is 485 g/mol. The minimum atomic E-state index is -1.50. The molecule has 0 aliphatic carbocycles. The molecule has 3 unspecified atom stereocenters. The van der Waals surface area contributed by atoms with Crippen molar-refractivity contribution in [3.8, 4) is 0 Å². The predicted octanol–water partition coefficient (Wildman–Crippen LogP) is 4.87. The normalized spacial score (nSPS) is 22.4. The summed E-state index contributed by atoms with van der Waals surface area (Å²) in [7, 11) is 0. The maximum atomic E-state index is 14.7. The molecule has 2 N–H and O–H groups in total. The van der Waals surface area contributed by atoms with Crippen LogP contribution in [0.25, 0.3) is 0 Å². The number of rotatable bonds is 10. The van der Waals surface area contributed by atoms with Gasteiger partial charge in [-0.25, -0.2) is 9.37 Å². The van der Waals surface area contributed by atoms with E-state index in [9.17, 15) is 14.3 Å². The number of hydrogen-bond donors (Lipinski definition) is 2. The lowest BCUT2D eigenvalue weighted by Crippen LogP contribution is -2.40. The zero-order valence-electron chi connectivity index (χ0n) is 22.5. The number of carboxylic acid groups (broad SMARTS) is 1. The molecule has 8 heteroatoms. The van der Waals surface area contributed by atoms with Gasteiger partial charge in [0, 0.05) is 38.4 Å². The molecule has 0 spiro atoms. The molecule has 0 bridgehead atoms. The third-order valence-corrected chi connectivity index (χ3v) is 8.11. The fraction of sp³-hybridized carbons (Fsp3) is 0.600. The number of fused-ring (bicyclic) bond motifs is 2. The number of aromatic nitrogens is 1. The van der Waals surface area contributed by atoms with Gasteiger partial charge in [-0.15, -0.1) is 0 Å².